The highest BCUT2D eigenvalue weighted by Crippen LogP contribution is 2.43. The van der Waals surface area contributed by atoms with E-state index in [0.29, 0.717) is 18.5 Å². The molecule has 2 aliphatic carbocycles. The molecule has 4 fully saturated rings. The van der Waals surface area contributed by atoms with Crippen molar-refractivity contribution in [2.75, 3.05) is 47.8 Å². The lowest BCUT2D eigenvalue weighted by Crippen LogP contribution is -2.69. The van der Waals surface area contributed by atoms with Crippen LogP contribution >= 0.6 is 0 Å². The molecule has 1 unspecified atom stereocenters. The molecule has 1 spiro atoms. The average Bonchev–Trinajstić information content (AvgIpc) is 3.77. The Hall–Kier alpha value is -3.20. The summed E-state index contributed by atoms with van der Waals surface area (Å²) in [6.07, 6.45) is 16.4. The van der Waals surface area contributed by atoms with Crippen LogP contribution in [-0.4, -0.2) is 76.1 Å². The second kappa shape index (κ2) is 9.52. The summed E-state index contributed by atoms with van der Waals surface area (Å²) >= 11 is 0. The first-order valence-electron chi connectivity index (χ1n) is 14.4. The molecule has 9 nitrogen and oxygen atoms in total. The molecule has 5 heterocycles. The summed E-state index contributed by atoms with van der Waals surface area (Å²) < 4.78 is 0. The minimum absolute atomic E-state index is 0.0520. The maximum atomic E-state index is 12.8. The molecular weight excluding hydrogens is 476 g/mol. The zero-order valence-electron chi connectivity index (χ0n) is 22.3. The molecular formula is C29H38N8O. The number of nitrogens with one attached hydrogen (secondary N) is 2. The summed E-state index contributed by atoms with van der Waals surface area (Å²) in [4.78, 5) is 34.4. The fourth-order valence-electron chi connectivity index (χ4n) is 6.85. The molecule has 0 bridgehead atoms. The van der Waals surface area contributed by atoms with Gasteiger partial charge >= 0.3 is 0 Å². The summed E-state index contributed by atoms with van der Waals surface area (Å²) in [6.45, 7) is 7.48. The summed E-state index contributed by atoms with van der Waals surface area (Å²) in [7, 11) is 0. The second-order valence-electron chi connectivity index (χ2n) is 11.9. The minimum atomic E-state index is -0.318. The molecule has 2 saturated heterocycles. The second-order valence-corrected chi connectivity index (χ2v) is 11.9. The molecule has 3 aliphatic heterocycles. The third-order valence-electron chi connectivity index (χ3n) is 9.22. The zero-order valence-corrected chi connectivity index (χ0v) is 22.3. The van der Waals surface area contributed by atoms with E-state index in [0.717, 1.165) is 61.3 Å². The first-order chi connectivity index (χ1) is 18.6. The fourth-order valence-corrected chi connectivity index (χ4v) is 6.85. The molecule has 2 aromatic heterocycles. The molecule has 5 aliphatic rings. The van der Waals surface area contributed by atoms with Gasteiger partial charge in [-0.2, -0.15) is 4.98 Å². The molecule has 2 saturated carbocycles. The number of hydrogen-bond acceptors (Lipinski definition) is 8. The van der Waals surface area contributed by atoms with Crippen molar-refractivity contribution in [2.24, 2.45) is 5.92 Å². The number of rotatable bonds is 5. The molecule has 2 N–H and O–H groups in total. The highest BCUT2D eigenvalue weighted by atomic mass is 16.2. The highest BCUT2D eigenvalue weighted by Gasteiger charge is 2.49. The van der Waals surface area contributed by atoms with E-state index in [-0.39, 0.29) is 17.5 Å². The maximum absolute atomic E-state index is 12.8. The third-order valence-corrected chi connectivity index (χ3v) is 9.22. The smallest absolute Gasteiger partial charge is 0.246 e. The largest absolute Gasteiger partial charge is 0.367 e. The van der Waals surface area contributed by atoms with E-state index in [1.807, 2.05) is 30.6 Å². The van der Waals surface area contributed by atoms with E-state index in [1.54, 1.807) is 0 Å². The standard InChI is InChI=1S/C29H38N8O/c1-20-17-36(14-13-35(20)18-21-5-6-21)23-8-10-25(30-16-23)33-28-31-15-22-7-9-24-27(38)32-19-29(11-3-2-4-12-29)37(24)26(22)34-28/h7-10,15-16,20-21,24H,2-6,11-14,17-19H2,1H3,(H,32,38)(H,30,31,33,34)/t20-,24?/m0/s1. The molecule has 2 aromatic rings. The van der Waals surface area contributed by atoms with Crippen LogP contribution in [0.3, 0.4) is 0 Å². The van der Waals surface area contributed by atoms with Crippen LogP contribution in [0.25, 0.3) is 6.08 Å². The maximum Gasteiger partial charge on any atom is 0.246 e. The average molecular weight is 515 g/mol. The number of carbonyl (C=O) groups excluding carboxylic acids is 1. The number of piperazine rings is 2. The van der Waals surface area contributed by atoms with E-state index in [2.05, 4.69) is 43.3 Å². The van der Waals surface area contributed by atoms with Crippen LogP contribution in [0.4, 0.5) is 23.3 Å². The lowest BCUT2D eigenvalue weighted by molar-refractivity contribution is -0.123. The lowest BCUT2D eigenvalue weighted by atomic mass is 9.77. The van der Waals surface area contributed by atoms with E-state index in [4.69, 9.17) is 9.97 Å². The van der Waals surface area contributed by atoms with E-state index < -0.39 is 0 Å². The molecule has 2 atom stereocenters. The SMILES string of the molecule is C[C@H]1CN(c2ccc(Nc3ncc4c(n3)N3C(C=C4)C(=O)NCC34CCCCC4)nc2)CCN1CC1CC1. The number of nitrogens with zero attached hydrogens (tertiary/aromatic N) is 6. The Morgan fingerprint density at radius 3 is 2.74 bits per heavy atom. The molecule has 38 heavy (non-hydrogen) atoms. The number of aromatic nitrogens is 3. The number of pyridine rings is 1. The van der Waals surface area contributed by atoms with Gasteiger partial charge in [0.25, 0.3) is 0 Å². The Kier molecular flexibility index (Phi) is 5.98. The number of hydrogen-bond donors (Lipinski definition) is 2. The Morgan fingerprint density at radius 2 is 1.97 bits per heavy atom. The van der Waals surface area contributed by atoms with Crippen LogP contribution in [0.15, 0.2) is 30.6 Å². The molecule has 1 amide bonds. The van der Waals surface area contributed by atoms with Gasteiger partial charge < -0.3 is 20.4 Å². The summed E-state index contributed by atoms with van der Waals surface area (Å²) in [5, 5.41) is 6.48. The van der Waals surface area contributed by atoms with Gasteiger partial charge in [-0.15, -0.1) is 0 Å². The van der Waals surface area contributed by atoms with Crippen molar-refractivity contribution in [2.45, 2.75) is 69.5 Å². The van der Waals surface area contributed by atoms with Crippen molar-refractivity contribution < 1.29 is 4.79 Å². The fraction of sp³-hybridized carbons (Fsp3) is 0.586. The predicted molar refractivity (Wildman–Crippen MR) is 150 cm³/mol. The van der Waals surface area contributed by atoms with Crippen LogP contribution in [0.5, 0.6) is 0 Å². The molecule has 0 aromatic carbocycles. The Balaban J connectivity index is 1.08. The first kappa shape index (κ1) is 23.9. The summed E-state index contributed by atoms with van der Waals surface area (Å²) in [5.41, 5.74) is 2.04. The van der Waals surface area contributed by atoms with Gasteiger partial charge in [0.05, 0.1) is 17.4 Å². The lowest BCUT2D eigenvalue weighted by Gasteiger charge is -2.54. The van der Waals surface area contributed by atoms with Crippen molar-refractivity contribution in [1.29, 1.82) is 0 Å². The van der Waals surface area contributed by atoms with E-state index in [1.165, 1.54) is 38.6 Å². The monoisotopic (exact) mass is 514 g/mol. The number of carbonyl (C=O) groups is 1. The zero-order chi connectivity index (χ0) is 25.7. The van der Waals surface area contributed by atoms with Crippen molar-refractivity contribution in [3.63, 3.8) is 0 Å². The van der Waals surface area contributed by atoms with Gasteiger partial charge in [-0.3, -0.25) is 9.69 Å². The van der Waals surface area contributed by atoms with Gasteiger partial charge in [0, 0.05) is 50.5 Å². The third kappa shape index (κ3) is 4.40. The van der Waals surface area contributed by atoms with E-state index in [9.17, 15) is 4.79 Å². The quantitative estimate of drug-likeness (QED) is 0.626. The Bertz CT molecular complexity index is 1220. The van der Waals surface area contributed by atoms with Crippen LogP contribution in [0.2, 0.25) is 0 Å². The van der Waals surface area contributed by atoms with Crippen molar-refractivity contribution in [3.8, 4) is 0 Å². The Labute approximate surface area is 224 Å². The van der Waals surface area contributed by atoms with Gasteiger partial charge in [-0.1, -0.05) is 31.4 Å². The molecule has 7 rings (SSSR count). The van der Waals surface area contributed by atoms with Crippen LogP contribution in [0, 0.1) is 5.92 Å². The number of fused-ring (bicyclic) bond motifs is 4. The van der Waals surface area contributed by atoms with Gasteiger partial charge in [-0.05, 0) is 50.7 Å². The minimum Gasteiger partial charge on any atom is -0.367 e. The summed E-state index contributed by atoms with van der Waals surface area (Å²) in [5.74, 6) is 3.07. The van der Waals surface area contributed by atoms with Gasteiger partial charge in [0.15, 0.2) is 0 Å². The Morgan fingerprint density at radius 1 is 1.11 bits per heavy atom. The van der Waals surface area contributed by atoms with Gasteiger partial charge in [0.2, 0.25) is 11.9 Å². The summed E-state index contributed by atoms with van der Waals surface area (Å²) in [6, 6.07) is 4.40. The van der Waals surface area contributed by atoms with Gasteiger partial charge in [-0.25, -0.2) is 9.97 Å². The van der Waals surface area contributed by atoms with Crippen molar-refractivity contribution >= 4 is 35.3 Å². The van der Waals surface area contributed by atoms with Crippen LogP contribution in [-0.2, 0) is 4.79 Å². The first-order valence-corrected chi connectivity index (χ1v) is 14.4. The van der Waals surface area contributed by atoms with Crippen LogP contribution in [0.1, 0.15) is 57.4 Å². The number of amides is 1. The number of anilines is 4. The van der Waals surface area contributed by atoms with Crippen molar-refractivity contribution in [1.82, 2.24) is 25.2 Å². The highest BCUT2D eigenvalue weighted by molar-refractivity contribution is 5.93. The van der Waals surface area contributed by atoms with Crippen molar-refractivity contribution in [3.05, 3.63) is 36.2 Å². The van der Waals surface area contributed by atoms with E-state index >= 15 is 0 Å². The molecule has 9 heteroatoms. The topological polar surface area (TPSA) is 89.5 Å². The normalized spacial score (nSPS) is 26.6. The van der Waals surface area contributed by atoms with Crippen LogP contribution < -0.4 is 20.4 Å². The van der Waals surface area contributed by atoms with Gasteiger partial charge in [0.1, 0.15) is 17.7 Å². The molecule has 200 valence electrons. The molecule has 0 radical (unpaired) electrons. The predicted octanol–water partition coefficient (Wildman–Crippen LogP) is 3.57.